The van der Waals surface area contributed by atoms with Gasteiger partial charge in [-0.3, -0.25) is 0 Å². The van der Waals surface area contributed by atoms with Gasteiger partial charge in [0.25, 0.3) is 0 Å². The quantitative estimate of drug-likeness (QED) is 0.914. The van der Waals surface area contributed by atoms with Crippen molar-refractivity contribution in [2.75, 3.05) is 7.05 Å². The van der Waals surface area contributed by atoms with Gasteiger partial charge in [-0.05, 0) is 39.1 Å². The van der Waals surface area contributed by atoms with Crippen LogP contribution in [0.5, 0.6) is 0 Å². The second-order valence-corrected chi connectivity index (χ2v) is 5.60. The van der Waals surface area contributed by atoms with Crippen LogP contribution < -0.4 is 5.32 Å². The minimum Gasteiger partial charge on any atom is -0.312 e. The third-order valence-corrected chi connectivity index (χ3v) is 4.38. The molecule has 5 heteroatoms. The van der Waals surface area contributed by atoms with Crippen LogP contribution >= 0.6 is 22.9 Å². The van der Waals surface area contributed by atoms with Crippen LogP contribution in [0, 0.1) is 12.7 Å². The largest absolute Gasteiger partial charge is 0.312 e. The van der Waals surface area contributed by atoms with Crippen molar-refractivity contribution in [1.29, 1.82) is 0 Å². The monoisotopic (exact) mass is 284 g/mol. The summed E-state index contributed by atoms with van der Waals surface area (Å²) in [6.07, 6.45) is 0. The lowest BCUT2D eigenvalue weighted by molar-refractivity contribution is 0.628. The molecule has 2 rings (SSSR count). The van der Waals surface area contributed by atoms with Crippen LogP contribution in [0.2, 0.25) is 5.02 Å². The summed E-state index contributed by atoms with van der Waals surface area (Å²) in [4.78, 5) is 5.65. The minimum atomic E-state index is -0.339. The van der Waals surface area contributed by atoms with Gasteiger partial charge in [-0.25, -0.2) is 9.37 Å². The van der Waals surface area contributed by atoms with Gasteiger partial charge in [0.1, 0.15) is 10.8 Å². The Labute approximate surface area is 115 Å². The highest BCUT2D eigenvalue weighted by Gasteiger charge is 2.14. The van der Waals surface area contributed by atoms with Crippen LogP contribution in [0.3, 0.4) is 0 Å². The van der Waals surface area contributed by atoms with E-state index in [1.807, 2.05) is 14.0 Å². The molecule has 0 aliphatic carbocycles. The van der Waals surface area contributed by atoms with Gasteiger partial charge in [-0.1, -0.05) is 11.6 Å². The van der Waals surface area contributed by atoms with E-state index < -0.39 is 0 Å². The van der Waals surface area contributed by atoms with E-state index in [9.17, 15) is 4.39 Å². The second-order valence-electron chi connectivity index (χ2n) is 4.14. The first-order valence-corrected chi connectivity index (χ1v) is 6.81. The van der Waals surface area contributed by atoms with Gasteiger partial charge < -0.3 is 5.32 Å². The lowest BCUT2D eigenvalue weighted by Crippen LogP contribution is -2.11. The Kier molecular flexibility index (Phi) is 4.00. The minimum absolute atomic E-state index is 0.236. The summed E-state index contributed by atoms with van der Waals surface area (Å²) < 4.78 is 13.3. The van der Waals surface area contributed by atoms with E-state index >= 15 is 0 Å². The summed E-state index contributed by atoms with van der Waals surface area (Å²) in [5.41, 5.74) is 1.69. The van der Waals surface area contributed by atoms with Crippen LogP contribution in [0.15, 0.2) is 18.2 Å². The normalized spacial score (nSPS) is 12.7. The second kappa shape index (κ2) is 5.34. The van der Waals surface area contributed by atoms with Crippen LogP contribution in [0.25, 0.3) is 10.6 Å². The van der Waals surface area contributed by atoms with Crippen LogP contribution in [0.1, 0.15) is 23.5 Å². The zero-order chi connectivity index (χ0) is 13.3. The number of halogens is 2. The Morgan fingerprint density at radius 1 is 1.39 bits per heavy atom. The van der Waals surface area contributed by atoms with E-state index in [-0.39, 0.29) is 11.9 Å². The molecular weight excluding hydrogens is 271 g/mol. The Hall–Kier alpha value is -0.970. The van der Waals surface area contributed by atoms with E-state index in [0.717, 1.165) is 21.1 Å². The van der Waals surface area contributed by atoms with E-state index in [2.05, 4.69) is 17.2 Å². The summed E-state index contributed by atoms with van der Waals surface area (Å²) in [5, 5.41) is 4.37. The van der Waals surface area contributed by atoms with Gasteiger partial charge in [0.15, 0.2) is 0 Å². The molecule has 18 heavy (non-hydrogen) atoms. The van der Waals surface area contributed by atoms with E-state index in [4.69, 9.17) is 11.6 Å². The summed E-state index contributed by atoms with van der Waals surface area (Å²) >= 11 is 7.42. The summed E-state index contributed by atoms with van der Waals surface area (Å²) in [5.74, 6) is -0.339. The standard InChI is InChI=1S/C13H14ClFN2S/c1-7(16-3)12-8(2)17-13(18-12)9-4-10(14)6-11(15)5-9/h4-7,16H,1-3H3. The molecule has 1 aromatic carbocycles. The zero-order valence-electron chi connectivity index (χ0n) is 10.4. The number of thiazole rings is 1. The summed E-state index contributed by atoms with van der Waals surface area (Å²) in [6, 6.07) is 4.72. The molecule has 1 unspecified atom stereocenters. The third-order valence-electron chi connectivity index (χ3n) is 2.77. The van der Waals surface area contributed by atoms with Crippen molar-refractivity contribution in [3.8, 4) is 10.6 Å². The molecule has 1 N–H and O–H groups in total. The SMILES string of the molecule is CNC(C)c1sc(-c2cc(F)cc(Cl)c2)nc1C. The molecule has 2 aromatic rings. The zero-order valence-corrected chi connectivity index (χ0v) is 12.0. The summed E-state index contributed by atoms with van der Waals surface area (Å²) in [6.45, 7) is 4.03. The lowest BCUT2D eigenvalue weighted by Gasteiger charge is -2.06. The maximum atomic E-state index is 13.3. The fourth-order valence-corrected chi connectivity index (χ4v) is 3.08. The van der Waals surface area contributed by atoms with E-state index in [1.165, 1.54) is 12.1 Å². The maximum absolute atomic E-state index is 13.3. The molecule has 0 fully saturated rings. The smallest absolute Gasteiger partial charge is 0.125 e. The number of hydrogen-bond acceptors (Lipinski definition) is 3. The van der Waals surface area contributed by atoms with Crippen molar-refractivity contribution in [1.82, 2.24) is 10.3 Å². The number of rotatable bonds is 3. The number of hydrogen-bond donors (Lipinski definition) is 1. The van der Waals surface area contributed by atoms with Crippen molar-refractivity contribution >= 4 is 22.9 Å². The maximum Gasteiger partial charge on any atom is 0.125 e. The molecule has 0 amide bonds. The molecule has 0 aliphatic rings. The predicted molar refractivity (Wildman–Crippen MR) is 74.7 cm³/mol. The molecule has 1 atom stereocenters. The van der Waals surface area contributed by atoms with Crippen LogP contribution in [-0.2, 0) is 0 Å². The molecule has 1 aromatic heterocycles. The topological polar surface area (TPSA) is 24.9 Å². The van der Waals surface area contributed by atoms with Crippen molar-refractivity contribution in [2.45, 2.75) is 19.9 Å². The predicted octanol–water partition coefficient (Wildman–Crippen LogP) is 4.19. The number of nitrogens with zero attached hydrogens (tertiary/aromatic N) is 1. The molecule has 0 saturated carbocycles. The highest BCUT2D eigenvalue weighted by molar-refractivity contribution is 7.15. The number of aryl methyl sites for hydroxylation is 1. The molecule has 2 nitrogen and oxygen atoms in total. The van der Waals surface area contributed by atoms with Gasteiger partial charge in [0.2, 0.25) is 0 Å². The first kappa shape index (κ1) is 13.5. The third kappa shape index (κ3) is 2.71. The number of benzene rings is 1. The molecule has 0 bridgehead atoms. The van der Waals surface area contributed by atoms with Crippen molar-refractivity contribution in [3.05, 3.63) is 39.6 Å². The molecule has 0 saturated heterocycles. The Morgan fingerprint density at radius 3 is 2.72 bits per heavy atom. The average molecular weight is 285 g/mol. The molecule has 0 radical (unpaired) electrons. The van der Waals surface area contributed by atoms with Crippen LogP contribution in [0.4, 0.5) is 4.39 Å². The first-order chi connectivity index (χ1) is 8.51. The summed E-state index contributed by atoms with van der Waals surface area (Å²) in [7, 11) is 1.91. The number of aromatic nitrogens is 1. The van der Waals surface area contributed by atoms with E-state index in [1.54, 1.807) is 17.4 Å². The Morgan fingerprint density at radius 2 is 2.11 bits per heavy atom. The van der Waals surface area contributed by atoms with Crippen molar-refractivity contribution in [2.24, 2.45) is 0 Å². The molecule has 96 valence electrons. The molecule has 1 heterocycles. The molecular formula is C13H14ClFN2S. The van der Waals surface area contributed by atoms with Gasteiger partial charge in [0.05, 0.1) is 5.69 Å². The lowest BCUT2D eigenvalue weighted by atomic mass is 10.2. The van der Waals surface area contributed by atoms with Crippen molar-refractivity contribution < 1.29 is 4.39 Å². The Bertz CT molecular complexity index is 548. The molecule has 0 aliphatic heterocycles. The number of nitrogens with one attached hydrogen (secondary N) is 1. The Balaban J connectivity index is 2.45. The fourth-order valence-electron chi connectivity index (χ4n) is 1.74. The van der Waals surface area contributed by atoms with Gasteiger partial charge in [-0.15, -0.1) is 11.3 Å². The molecule has 0 spiro atoms. The average Bonchev–Trinajstić information content (AvgIpc) is 2.69. The highest BCUT2D eigenvalue weighted by atomic mass is 35.5. The van der Waals surface area contributed by atoms with Gasteiger partial charge in [-0.2, -0.15) is 0 Å². The highest BCUT2D eigenvalue weighted by Crippen LogP contribution is 2.33. The first-order valence-electron chi connectivity index (χ1n) is 5.62. The van der Waals surface area contributed by atoms with Gasteiger partial charge in [0, 0.05) is 21.5 Å². The van der Waals surface area contributed by atoms with Crippen LogP contribution in [-0.4, -0.2) is 12.0 Å². The van der Waals surface area contributed by atoms with Gasteiger partial charge >= 0.3 is 0 Å². The van der Waals surface area contributed by atoms with Crippen molar-refractivity contribution in [3.63, 3.8) is 0 Å². The fraction of sp³-hybridized carbons (Fsp3) is 0.308. The van der Waals surface area contributed by atoms with E-state index in [0.29, 0.717) is 5.02 Å².